The third-order valence-electron chi connectivity index (χ3n) is 1.59. The van der Waals surface area contributed by atoms with Gasteiger partial charge in [-0.05, 0) is 18.2 Å². The molecule has 1 heterocycles. The minimum absolute atomic E-state index is 0.835. The number of rotatable bonds is 1. The van der Waals surface area contributed by atoms with Crippen molar-refractivity contribution >= 4 is 31.9 Å². The minimum Gasteiger partial charge on any atom is -0.451 e. The Morgan fingerprint density at radius 1 is 1.08 bits per heavy atom. The highest BCUT2D eigenvalue weighted by Gasteiger charge is 2.02. The maximum atomic E-state index is 4.91. The molecule has 0 N–H and O–H groups in total. The van der Waals surface area contributed by atoms with E-state index in [4.69, 9.17) is 4.42 Å². The van der Waals surface area contributed by atoms with E-state index < -0.39 is 0 Å². The SMILES string of the molecule is Brc1cc(Br)cc(-c2cocn2)c1. The Morgan fingerprint density at radius 3 is 2.31 bits per heavy atom. The molecule has 0 spiro atoms. The summed E-state index contributed by atoms with van der Waals surface area (Å²) < 4.78 is 6.93. The summed E-state index contributed by atoms with van der Waals surface area (Å²) in [7, 11) is 0. The highest BCUT2D eigenvalue weighted by atomic mass is 79.9. The van der Waals surface area contributed by atoms with E-state index in [0.717, 1.165) is 20.2 Å². The van der Waals surface area contributed by atoms with Gasteiger partial charge in [0, 0.05) is 14.5 Å². The molecule has 13 heavy (non-hydrogen) atoms. The van der Waals surface area contributed by atoms with Gasteiger partial charge < -0.3 is 4.42 Å². The lowest BCUT2D eigenvalue weighted by Gasteiger charge is -1.98. The predicted octanol–water partition coefficient (Wildman–Crippen LogP) is 3.87. The molecule has 2 aromatic rings. The van der Waals surface area contributed by atoms with E-state index in [1.165, 1.54) is 6.39 Å². The number of aromatic nitrogens is 1. The molecule has 0 amide bonds. The molecule has 1 aromatic heterocycles. The number of nitrogens with zero attached hydrogens (tertiary/aromatic N) is 1. The van der Waals surface area contributed by atoms with E-state index in [2.05, 4.69) is 36.8 Å². The Bertz CT molecular complexity index is 391. The van der Waals surface area contributed by atoms with Gasteiger partial charge in [-0.2, -0.15) is 0 Å². The molecule has 2 nitrogen and oxygen atoms in total. The Morgan fingerprint density at radius 2 is 1.77 bits per heavy atom. The Balaban J connectivity index is 2.53. The second-order valence-corrected chi connectivity index (χ2v) is 4.36. The number of oxazole rings is 1. The highest BCUT2D eigenvalue weighted by Crippen LogP contribution is 2.26. The van der Waals surface area contributed by atoms with Crippen LogP contribution in [0.3, 0.4) is 0 Å². The molecule has 0 aliphatic carbocycles. The summed E-state index contributed by atoms with van der Waals surface area (Å²) in [6.45, 7) is 0. The maximum Gasteiger partial charge on any atom is 0.181 e. The zero-order valence-corrected chi connectivity index (χ0v) is 9.67. The molecule has 0 atom stereocenters. The molecule has 0 unspecified atom stereocenters. The van der Waals surface area contributed by atoms with Crippen LogP contribution in [-0.4, -0.2) is 4.98 Å². The lowest BCUT2D eigenvalue weighted by molar-refractivity contribution is 0.558. The molecule has 0 saturated heterocycles. The number of hydrogen-bond acceptors (Lipinski definition) is 2. The van der Waals surface area contributed by atoms with Crippen LogP contribution in [0.25, 0.3) is 11.3 Å². The van der Waals surface area contributed by atoms with Crippen molar-refractivity contribution in [2.45, 2.75) is 0 Å². The summed E-state index contributed by atoms with van der Waals surface area (Å²) in [6, 6.07) is 5.95. The van der Waals surface area contributed by atoms with Gasteiger partial charge in [0.05, 0.1) is 0 Å². The fraction of sp³-hybridized carbons (Fsp3) is 0. The molecule has 0 aliphatic heterocycles. The molecule has 0 bridgehead atoms. The van der Waals surface area contributed by atoms with E-state index in [1.54, 1.807) is 6.26 Å². The smallest absolute Gasteiger partial charge is 0.181 e. The molecule has 0 aliphatic rings. The minimum atomic E-state index is 0.835. The topological polar surface area (TPSA) is 26.0 Å². The van der Waals surface area contributed by atoms with Crippen molar-refractivity contribution < 1.29 is 4.42 Å². The summed E-state index contributed by atoms with van der Waals surface area (Å²) in [5, 5.41) is 0. The first kappa shape index (κ1) is 8.97. The largest absolute Gasteiger partial charge is 0.451 e. The fourth-order valence-corrected chi connectivity index (χ4v) is 2.35. The summed E-state index contributed by atoms with van der Waals surface area (Å²) in [5.41, 5.74) is 1.86. The molecule has 0 saturated carbocycles. The van der Waals surface area contributed by atoms with Crippen LogP contribution < -0.4 is 0 Å². The lowest BCUT2D eigenvalue weighted by atomic mass is 10.2. The van der Waals surface area contributed by atoms with Gasteiger partial charge in [-0.15, -0.1) is 0 Å². The second-order valence-electron chi connectivity index (χ2n) is 2.53. The standard InChI is InChI=1S/C9H5Br2NO/c10-7-1-6(2-8(11)3-7)9-4-13-5-12-9/h1-5H. The first-order valence-corrected chi connectivity index (χ1v) is 5.19. The molecule has 1 aromatic carbocycles. The van der Waals surface area contributed by atoms with Crippen molar-refractivity contribution in [3.63, 3.8) is 0 Å². The van der Waals surface area contributed by atoms with Crippen molar-refractivity contribution in [2.24, 2.45) is 0 Å². The predicted molar refractivity (Wildman–Crippen MR) is 57.3 cm³/mol. The van der Waals surface area contributed by atoms with Crippen molar-refractivity contribution in [3.05, 3.63) is 39.8 Å². The van der Waals surface area contributed by atoms with Crippen molar-refractivity contribution in [1.29, 1.82) is 0 Å². The monoisotopic (exact) mass is 301 g/mol. The van der Waals surface area contributed by atoms with Gasteiger partial charge in [-0.1, -0.05) is 31.9 Å². The first-order chi connectivity index (χ1) is 6.25. The van der Waals surface area contributed by atoms with Crippen molar-refractivity contribution in [3.8, 4) is 11.3 Å². The summed E-state index contributed by atoms with van der Waals surface area (Å²) >= 11 is 6.82. The molecule has 4 heteroatoms. The van der Waals surface area contributed by atoms with Gasteiger partial charge in [0.2, 0.25) is 0 Å². The third-order valence-corrected chi connectivity index (χ3v) is 2.51. The van der Waals surface area contributed by atoms with Gasteiger partial charge in [-0.3, -0.25) is 0 Å². The van der Waals surface area contributed by atoms with Crippen LogP contribution in [-0.2, 0) is 0 Å². The summed E-state index contributed by atoms with van der Waals surface area (Å²) in [4.78, 5) is 4.06. The van der Waals surface area contributed by atoms with E-state index in [0.29, 0.717) is 0 Å². The molecule has 0 radical (unpaired) electrons. The lowest BCUT2D eigenvalue weighted by Crippen LogP contribution is -1.77. The van der Waals surface area contributed by atoms with E-state index >= 15 is 0 Å². The maximum absolute atomic E-state index is 4.91. The van der Waals surface area contributed by atoms with Crippen molar-refractivity contribution in [2.75, 3.05) is 0 Å². The number of halogens is 2. The van der Waals surface area contributed by atoms with Crippen LogP contribution in [0.2, 0.25) is 0 Å². The van der Waals surface area contributed by atoms with Gasteiger partial charge in [-0.25, -0.2) is 4.98 Å². The molecule has 66 valence electrons. The van der Waals surface area contributed by atoms with Gasteiger partial charge in [0.25, 0.3) is 0 Å². The van der Waals surface area contributed by atoms with Crippen LogP contribution in [0.15, 0.2) is 44.2 Å². The zero-order chi connectivity index (χ0) is 9.26. The molecule has 0 fully saturated rings. The van der Waals surface area contributed by atoms with Crippen LogP contribution in [0, 0.1) is 0 Å². The van der Waals surface area contributed by atoms with Crippen LogP contribution >= 0.6 is 31.9 Å². The van der Waals surface area contributed by atoms with Crippen molar-refractivity contribution in [1.82, 2.24) is 4.98 Å². The highest BCUT2D eigenvalue weighted by molar-refractivity contribution is 9.11. The Labute approximate surface area is 92.2 Å². The van der Waals surface area contributed by atoms with E-state index in [9.17, 15) is 0 Å². The second kappa shape index (κ2) is 3.64. The van der Waals surface area contributed by atoms with E-state index in [-0.39, 0.29) is 0 Å². The van der Waals surface area contributed by atoms with Gasteiger partial charge >= 0.3 is 0 Å². The first-order valence-electron chi connectivity index (χ1n) is 3.60. The Hall–Kier alpha value is -0.610. The van der Waals surface area contributed by atoms with Gasteiger partial charge in [0.15, 0.2) is 6.39 Å². The average Bonchev–Trinajstić information content (AvgIpc) is 2.53. The quantitative estimate of drug-likeness (QED) is 0.799. The van der Waals surface area contributed by atoms with Gasteiger partial charge in [0.1, 0.15) is 12.0 Å². The summed E-state index contributed by atoms with van der Waals surface area (Å²) in [5.74, 6) is 0. The number of benzene rings is 1. The fourth-order valence-electron chi connectivity index (χ4n) is 1.06. The number of hydrogen-bond donors (Lipinski definition) is 0. The van der Waals surface area contributed by atoms with Crippen LogP contribution in [0.4, 0.5) is 0 Å². The normalized spacial score (nSPS) is 10.3. The Kier molecular flexibility index (Phi) is 2.51. The van der Waals surface area contributed by atoms with E-state index in [1.807, 2.05) is 18.2 Å². The summed E-state index contributed by atoms with van der Waals surface area (Å²) in [6.07, 6.45) is 3.04. The molecule has 2 rings (SSSR count). The molecular weight excluding hydrogens is 298 g/mol. The zero-order valence-electron chi connectivity index (χ0n) is 6.50. The van der Waals surface area contributed by atoms with Crippen LogP contribution in [0.5, 0.6) is 0 Å². The van der Waals surface area contributed by atoms with Crippen LogP contribution in [0.1, 0.15) is 0 Å². The molecular formula is C9H5Br2NO. The average molecular weight is 303 g/mol. The third kappa shape index (κ3) is 2.00.